The number of hydrogen-bond acceptors (Lipinski definition) is 2. The number of para-hydroxylation sites is 1. The molecule has 2 nitrogen and oxygen atoms in total. The van der Waals surface area contributed by atoms with Gasteiger partial charge in [-0.3, -0.25) is 4.79 Å². The number of hydrogen-bond donors (Lipinski definition) is 0. The molecule has 0 heterocycles. The topological polar surface area (TPSA) is 26.3 Å². The molecule has 0 radical (unpaired) electrons. The van der Waals surface area contributed by atoms with Crippen LogP contribution in [0.4, 0.5) is 4.39 Å². The van der Waals surface area contributed by atoms with Crippen molar-refractivity contribution in [2.45, 2.75) is 96.0 Å². The molecule has 0 saturated heterocycles. The highest BCUT2D eigenvalue weighted by Crippen LogP contribution is 2.53. The summed E-state index contributed by atoms with van der Waals surface area (Å²) >= 11 is 0. The maximum absolute atomic E-state index is 14.8. The van der Waals surface area contributed by atoms with Gasteiger partial charge in [0.05, 0.1) is 0 Å². The van der Waals surface area contributed by atoms with Gasteiger partial charge in [0.15, 0.2) is 24.0 Å². The highest BCUT2D eigenvalue weighted by atomic mass is 19.1. The molecule has 2 aliphatic rings. The van der Waals surface area contributed by atoms with Crippen LogP contribution in [-0.4, -0.2) is 12.4 Å². The van der Waals surface area contributed by atoms with E-state index in [9.17, 15) is 9.18 Å². The van der Waals surface area contributed by atoms with E-state index in [1.54, 1.807) is 6.92 Å². The number of halogens is 1. The summed E-state index contributed by atoms with van der Waals surface area (Å²) in [7, 11) is 0. The van der Waals surface area contributed by atoms with E-state index in [4.69, 9.17) is 4.74 Å². The van der Waals surface area contributed by atoms with Gasteiger partial charge in [-0.25, -0.2) is 4.39 Å². The number of carbonyl (C=O) groups excluding carboxylic acids is 1. The summed E-state index contributed by atoms with van der Waals surface area (Å²) in [5, 5.41) is 0. The lowest BCUT2D eigenvalue weighted by Crippen LogP contribution is -2.40. The minimum atomic E-state index is -0.624. The summed E-state index contributed by atoms with van der Waals surface area (Å²) in [6, 6.07) is 5.35. The van der Waals surface area contributed by atoms with Crippen molar-refractivity contribution >= 4 is 6.29 Å². The fraction of sp³-hybridized carbons (Fsp3) is 0.708. The van der Waals surface area contributed by atoms with Crippen LogP contribution in [0.15, 0.2) is 18.2 Å². The van der Waals surface area contributed by atoms with Crippen LogP contribution in [0.25, 0.3) is 0 Å². The Kier molecular flexibility index (Phi) is 6.94. The first kappa shape index (κ1) is 20.4. The zero-order valence-corrected chi connectivity index (χ0v) is 17.0. The third-order valence-corrected chi connectivity index (χ3v) is 7.07. The summed E-state index contributed by atoms with van der Waals surface area (Å²) in [5.41, 5.74) is 1.03. The summed E-state index contributed by atoms with van der Waals surface area (Å²) < 4.78 is 20.6. The molecule has 150 valence electrons. The molecule has 0 spiro atoms. The molecule has 0 aromatic heterocycles. The van der Waals surface area contributed by atoms with Gasteiger partial charge in [-0.1, -0.05) is 64.0 Å². The quantitative estimate of drug-likeness (QED) is 0.503. The number of carbonyl (C=O) groups is 1. The summed E-state index contributed by atoms with van der Waals surface area (Å²) in [5.74, 6) is 1.47. The average molecular weight is 375 g/mol. The average Bonchev–Trinajstić information content (AvgIpc) is 2.70. The largest absolute Gasteiger partial charge is 0.480 e. The third kappa shape index (κ3) is 4.38. The van der Waals surface area contributed by atoms with Crippen LogP contribution in [0.3, 0.4) is 0 Å². The SMILES string of the molecule is CCCC1CCC(C2(c3cccc(F)c3OC(C)C=O)CCCCC2)CC1. The van der Waals surface area contributed by atoms with Crippen molar-refractivity contribution in [1.82, 2.24) is 0 Å². The number of ether oxygens (including phenoxy) is 1. The molecule has 27 heavy (non-hydrogen) atoms. The van der Waals surface area contributed by atoms with Crippen molar-refractivity contribution in [3.63, 3.8) is 0 Å². The zero-order chi connectivity index (χ0) is 19.3. The first-order valence-corrected chi connectivity index (χ1v) is 11.0. The summed E-state index contributed by atoms with van der Waals surface area (Å²) in [6.07, 6.45) is 13.7. The van der Waals surface area contributed by atoms with Crippen LogP contribution in [0, 0.1) is 17.7 Å². The second kappa shape index (κ2) is 9.21. The van der Waals surface area contributed by atoms with Crippen LogP contribution in [0.1, 0.15) is 90.0 Å². The molecule has 3 rings (SSSR count). The standard InChI is InChI=1S/C24H35FO2/c1-3-8-19-11-13-20(14-12-19)24(15-5-4-6-16-24)21-9-7-10-22(25)23(21)27-18(2)17-26/h7,9-10,17-20H,3-6,8,11-16H2,1-2H3. The molecule has 0 N–H and O–H groups in total. The second-order valence-corrected chi connectivity index (χ2v) is 8.80. The second-order valence-electron chi connectivity index (χ2n) is 8.80. The molecule has 1 aromatic rings. The Morgan fingerprint density at radius 3 is 2.52 bits per heavy atom. The van der Waals surface area contributed by atoms with E-state index in [0.29, 0.717) is 11.7 Å². The Morgan fingerprint density at radius 1 is 1.19 bits per heavy atom. The molecule has 0 bridgehead atoms. The minimum absolute atomic E-state index is 0.00940. The fourth-order valence-corrected chi connectivity index (χ4v) is 5.73. The predicted octanol–water partition coefficient (Wildman–Crippen LogP) is 6.60. The van der Waals surface area contributed by atoms with Crippen LogP contribution in [-0.2, 0) is 10.2 Å². The molecule has 1 atom stereocenters. The molecule has 1 aromatic carbocycles. The number of aldehydes is 1. The van der Waals surface area contributed by atoms with Crippen molar-refractivity contribution in [3.05, 3.63) is 29.6 Å². The molecule has 0 amide bonds. The number of rotatable bonds is 7. The maximum Gasteiger partial charge on any atom is 0.165 e. The maximum atomic E-state index is 14.8. The zero-order valence-electron chi connectivity index (χ0n) is 17.0. The number of benzene rings is 1. The van der Waals surface area contributed by atoms with E-state index in [1.807, 2.05) is 6.07 Å². The van der Waals surface area contributed by atoms with Crippen molar-refractivity contribution in [1.29, 1.82) is 0 Å². The van der Waals surface area contributed by atoms with Gasteiger partial charge in [0, 0.05) is 11.0 Å². The molecule has 1 unspecified atom stereocenters. The van der Waals surface area contributed by atoms with Crippen LogP contribution in [0.5, 0.6) is 5.75 Å². The van der Waals surface area contributed by atoms with Gasteiger partial charge in [0.2, 0.25) is 0 Å². The Morgan fingerprint density at radius 2 is 1.89 bits per heavy atom. The first-order chi connectivity index (χ1) is 13.1. The van der Waals surface area contributed by atoms with Gasteiger partial charge in [-0.15, -0.1) is 0 Å². The van der Waals surface area contributed by atoms with Crippen LogP contribution >= 0.6 is 0 Å². The molecule has 2 aliphatic carbocycles. The molecule has 2 saturated carbocycles. The van der Waals surface area contributed by atoms with E-state index in [-0.39, 0.29) is 11.2 Å². The lowest BCUT2D eigenvalue weighted by atomic mass is 9.57. The first-order valence-electron chi connectivity index (χ1n) is 11.0. The van der Waals surface area contributed by atoms with Gasteiger partial charge in [0.25, 0.3) is 0 Å². The normalized spacial score (nSPS) is 26.3. The Labute approximate surface area is 163 Å². The van der Waals surface area contributed by atoms with Gasteiger partial charge in [-0.05, 0) is 50.5 Å². The van der Waals surface area contributed by atoms with Gasteiger partial charge in [-0.2, -0.15) is 0 Å². The third-order valence-electron chi connectivity index (χ3n) is 7.07. The van der Waals surface area contributed by atoms with Crippen LogP contribution in [0.2, 0.25) is 0 Å². The summed E-state index contributed by atoms with van der Waals surface area (Å²) in [4.78, 5) is 11.1. The minimum Gasteiger partial charge on any atom is -0.480 e. The van der Waals surface area contributed by atoms with Crippen molar-refractivity contribution in [2.24, 2.45) is 11.8 Å². The Bertz CT molecular complexity index is 613. The van der Waals surface area contributed by atoms with Crippen LogP contribution < -0.4 is 4.74 Å². The highest BCUT2D eigenvalue weighted by molar-refractivity contribution is 5.56. The predicted molar refractivity (Wildman–Crippen MR) is 108 cm³/mol. The monoisotopic (exact) mass is 374 g/mol. The Hall–Kier alpha value is -1.38. The molecule has 0 aliphatic heterocycles. The van der Waals surface area contributed by atoms with E-state index < -0.39 is 6.10 Å². The smallest absolute Gasteiger partial charge is 0.165 e. The molecular formula is C24H35FO2. The highest BCUT2D eigenvalue weighted by Gasteiger charge is 2.44. The fourth-order valence-electron chi connectivity index (χ4n) is 5.73. The van der Waals surface area contributed by atoms with E-state index >= 15 is 0 Å². The lowest BCUT2D eigenvalue weighted by molar-refractivity contribution is -0.113. The van der Waals surface area contributed by atoms with E-state index in [2.05, 4.69) is 13.0 Å². The van der Waals surface area contributed by atoms with Gasteiger partial charge in [0.1, 0.15) is 0 Å². The van der Waals surface area contributed by atoms with E-state index in [1.165, 1.54) is 63.9 Å². The van der Waals surface area contributed by atoms with E-state index in [0.717, 1.165) is 30.6 Å². The summed E-state index contributed by atoms with van der Waals surface area (Å²) in [6.45, 7) is 3.96. The van der Waals surface area contributed by atoms with Gasteiger partial charge >= 0.3 is 0 Å². The van der Waals surface area contributed by atoms with Gasteiger partial charge < -0.3 is 4.74 Å². The van der Waals surface area contributed by atoms with Crippen molar-refractivity contribution in [3.8, 4) is 5.75 Å². The lowest BCUT2D eigenvalue weighted by Gasteiger charge is -2.47. The van der Waals surface area contributed by atoms with Crippen molar-refractivity contribution in [2.75, 3.05) is 0 Å². The Balaban J connectivity index is 1.94. The molecular weight excluding hydrogens is 339 g/mol. The van der Waals surface area contributed by atoms with Crippen molar-refractivity contribution < 1.29 is 13.9 Å². The molecule has 3 heteroatoms. The molecule has 2 fully saturated rings.